The second-order valence-corrected chi connectivity index (χ2v) is 6.43. The Bertz CT molecular complexity index is 728. The number of likely N-dealkylation sites (tertiary alicyclic amines) is 1. The minimum Gasteiger partial charge on any atom is -0.390 e. The molecule has 1 saturated heterocycles. The molecule has 0 radical (unpaired) electrons. The SMILES string of the molecule is C=C(/C=C\N=CN)NC(=O)N1CCCC(Cc2cccc(C(F)(F)F)c2)C1. The molecule has 0 aliphatic carbocycles. The number of hydrogen-bond acceptors (Lipinski definition) is 2. The van der Waals surface area contributed by atoms with E-state index in [9.17, 15) is 18.0 Å². The molecule has 1 aliphatic rings. The number of alkyl halides is 3. The van der Waals surface area contributed by atoms with Crippen LogP contribution in [-0.4, -0.2) is 30.4 Å². The Morgan fingerprint density at radius 3 is 2.93 bits per heavy atom. The number of piperidine rings is 1. The van der Waals surface area contributed by atoms with Crippen molar-refractivity contribution in [1.29, 1.82) is 0 Å². The molecule has 3 N–H and O–H groups in total. The van der Waals surface area contributed by atoms with Gasteiger partial charge in [-0.1, -0.05) is 24.8 Å². The molecule has 1 aromatic rings. The van der Waals surface area contributed by atoms with Crippen molar-refractivity contribution in [3.05, 3.63) is 59.9 Å². The summed E-state index contributed by atoms with van der Waals surface area (Å²) in [6, 6.07) is 5.08. The molecule has 5 nitrogen and oxygen atoms in total. The molecule has 1 aromatic carbocycles. The summed E-state index contributed by atoms with van der Waals surface area (Å²) in [5.74, 6) is 0.110. The van der Waals surface area contributed by atoms with Gasteiger partial charge in [-0.2, -0.15) is 13.2 Å². The van der Waals surface area contributed by atoms with Gasteiger partial charge in [-0.05, 0) is 42.9 Å². The van der Waals surface area contributed by atoms with E-state index in [0.717, 1.165) is 25.2 Å². The minimum absolute atomic E-state index is 0.110. The summed E-state index contributed by atoms with van der Waals surface area (Å²) < 4.78 is 38.6. The van der Waals surface area contributed by atoms with Gasteiger partial charge in [-0.3, -0.25) is 0 Å². The number of nitrogens with zero attached hydrogens (tertiary/aromatic N) is 2. The Morgan fingerprint density at radius 1 is 1.44 bits per heavy atom. The number of benzene rings is 1. The zero-order valence-electron chi connectivity index (χ0n) is 14.9. The Kier molecular flexibility index (Phi) is 7.04. The largest absolute Gasteiger partial charge is 0.416 e. The van der Waals surface area contributed by atoms with E-state index in [1.165, 1.54) is 24.4 Å². The summed E-state index contributed by atoms with van der Waals surface area (Å²) >= 11 is 0. The van der Waals surface area contributed by atoms with Gasteiger partial charge in [0.1, 0.15) is 0 Å². The summed E-state index contributed by atoms with van der Waals surface area (Å²) in [4.78, 5) is 17.7. The molecule has 0 bridgehead atoms. The van der Waals surface area contributed by atoms with Gasteiger partial charge in [0.25, 0.3) is 0 Å². The van der Waals surface area contributed by atoms with Crippen LogP contribution in [0.3, 0.4) is 0 Å². The summed E-state index contributed by atoms with van der Waals surface area (Å²) in [7, 11) is 0. The van der Waals surface area contributed by atoms with E-state index in [1.807, 2.05) is 0 Å². The lowest BCUT2D eigenvalue weighted by Gasteiger charge is -2.33. The van der Waals surface area contributed by atoms with Crippen molar-refractivity contribution in [2.75, 3.05) is 13.1 Å². The molecule has 27 heavy (non-hydrogen) atoms. The number of urea groups is 1. The first-order valence-electron chi connectivity index (χ1n) is 8.60. The first-order valence-corrected chi connectivity index (χ1v) is 8.60. The van der Waals surface area contributed by atoms with Crippen LogP contribution >= 0.6 is 0 Å². The topological polar surface area (TPSA) is 70.7 Å². The van der Waals surface area contributed by atoms with E-state index in [2.05, 4.69) is 16.9 Å². The van der Waals surface area contributed by atoms with Crippen LogP contribution in [0.1, 0.15) is 24.0 Å². The maximum atomic E-state index is 12.9. The first kappa shape index (κ1) is 20.5. The maximum Gasteiger partial charge on any atom is 0.416 e. The fraction of sp³-hybridized carbons (Fsp3) is 0.368. The molecule has 8 heteroatoms. The number of carbonyl (C=O) groups is 1. The number of amides is 2. The molecule has 1 aliphatic heterocycles. The lowest BCUT2D eigenvalue weighted by molar-refractivity contribution is -0.137. The van der Waals surface area contributed by atoms with Crippen molar-refractivity contribution in [2.45, 2.75) is 25.4 Å². The average Bonchev–Trinajstić information content (AvgIpc) is 2.61. The van der Waals surface area contributed by atoms with Crippen molar-refractivity contribution in [3.8, 4) is 0 Å². The number of nitrogens with one attached hydrogen (secondary N) is 1. The first-order chi connectivity index (χ1) is 12.8. The van der Waals surface area contributed by atoms with Crippen LogP contribution in [0, 0.1) is 5.92 Å². The Labute approximate surface area is 156 Å². The molecule has 2 amide bonds. The molecule has 1 heterocycles. The van der Waals surface area contributed by atoms with Crippen molar-refractivity contribution in [3.63, 3.8) is 0 Å². The third-order valence-electron chi connectivity index (χ3n) is 4.30. The molecular weight excluding hydrogens is 357 g/mol. The molecule has 0 aromatic heterocycles. The summed E-state index contributed by atoms with van der Waals surface area (Å²) in [6.45, 7) is 4.80. The standard InChI is InChI=1S/C19H23F3N4O/c1-14(7-8-24-13-23)25-18(27)26-9-3-5-16(12-26)10-15-4-2-6-17(11-15)19(20,21)22/h2,4,6-8,11,13,16H,1,3,5,9-10,12H2,(H2,23,24)(H,25,27)/b8-7-. The highest BCUT2D eigenvalue weighted by Crippen LogP contribution is 2.30. The van der Waals surface area contributed by atoms with Crippen LogP contribution in [-0.2, 0) is 12.6 Å². The van der Waals surface area contributed by atoms with E-state index in [4.69, 9.17) is 5.73 Å². The van der Waals surface area contributed by atoms with Crippen LogP contribution in [0.4, 0.5) is 18.0 Å². The van der Waals surface area contributed by atoms with E-state index < -0.39 is 11.7 Å². The summed E-state index contributed by atoms with van der Waals surface area (Å²) in [5, 5.41) is 2.66. The van der Waals surface area contributed by atoms with E-state index in [-0.39, 0.29) is 11.9 Å². The number of rotatable bonds is 5. The van der Waals surface area contributed by atoms with Crippen LogP contribution in [0.2, 0.25) is 0 Å². The van der Waals surface area contributed by atoms with Gasteiger partial charge in [0.05, 0.1) is 11.9 Å². The van der Waals surface area contributed by atoms with Crippen LogP contribution in [0.15, 0.2) is 53.8 Å². The zero-order chi connectivity index (χ0) is 19.9. The highest BCUT2D eigenvalue weighted by atomic mass is 19.4. The van der Waals surface area contributed by atoms with Gasteiger partial charge < -0.3 is 16.0 Å². The smallest absolute Gasteiger partial charge is 0.390 e. The molecule has 2 rings (SSSR count). The van der Waals surface area contributed by atoms with Crippen molar-refractivity contribution in [1.82, 2.24) is 10.2 Å². The molecule has 0 saturated carbocycles. The molecule has 1 fully saturated rings. The third kappa shape index (κ3) is 6.47. The fourth-order valence-electron chi connectivity index (χ4n) is 3.06. The van der Waals surface area contributed by atoms with E-state index in [1.54, 1.807) is 11.0 Å². The predicted octanol–water partition coefficient (Wildman–Crippen LogP) is 3.68. The van der Waals surface area contributed by atoms with E-state index in [0.29, 0.717) is 30.8 Å². The Morgan fingerprint density at radius 2 is 2.22 bits per heavy atom. The molecule has 1 atom stereocenters. The van der Waals surface area contributed by atoms with Gasteiger partial charge in [-0.15, -0.1) is 0 Å². The highest BCUT2D eigenvalue weighted by Gasteiger charge is 2.31. The van der Waals surface area contributed by atoms with Crippen molar-refractivity contribution < 1.29 is 18.0 Å². The second-order valence-electron chi connectivity index (χ2n) is 6.43. The average molecular weight is 380 g/mol. The monoisotopic (exact) mass is 380 g/mol. The number of carbonyl (C=O) groups excluding carboxylic acids is 1. The Hall–Kier alpha value is -2.77. The quantitative estimate of drug-likeness (QED) is 0.465. The van der Waals surface area contributed by atoms with Crippen molar-refractivity contribution in [2.24, 2.45) is 16.6 Å². The lowest BCUT2D eigenvalue weighted by atomic mass is 9.91. The maximum absolute atomic E-state index is 12.9. The van der Waals surface area contributed by atoms with Crippen LogP contribution in [0.5, 0.6) is 0 Å². The Balaban J connectivity index is 1.94. The van der Waals surface area contributed by atoms with Gasteiger partial charge in [0.15, 0.2) is 0 Å². The number of hydrogen-bond donors (Lipinski definition) is 2. The second kappa shape index (κ2) is 9.25. The zero-order valence-corrected chi connectivity index (χ0v) is 14.9. The van der Waals surface area contributed by atoms with Crippen LogP contribution < -0.4 is 11.1 Å². The number of nitrogens with two attached hydrogens (primary N) is 1. The summed E-state index contributed by atoms with van der Waals surface area (Å²) in [5.41, 5.74) is 5.48. The highest BCUT2D eigenvalue weighted by molar-refractivity contribution is 5.76. The van der Waals surface area contributed by atoms with Gasteiger partial charge in [-0.25, -0.2) is 9.79 Å². The molecule has 146 valence electrons. The fourth-order valence-corrected chi connectivity index (χ4v) is 3.06. The normalized spacial score (nSPS) is 18.2. The molecular formula is C19H23F3N4O. The van der Waals surface area contributed by atoms with Gasteiger partial charge in [0.2, 0.25) is 0 Å². The third-order valence-corrected chi connectivity index (χ3v) is 4.30. The lowest BCUT2D eigenvalue weighted by Crippen LogP contribution is -2.45. The summed E-state index contributed by atoms with van der Waals surface area (Å²) in [6.07, 6.45) is 1.87. The number of aliphatic imine (C=N–C) groups is 1. The van der Waals surface area contributed by atoms with Gasteiger partial charge in [0, 0.05) is 25.0 Å². The minimum atomic E-state index is -4.35. The van der Waals surface area contributed by atoms with Crippen molar-refractivity contribution >= 4 is 12.4 Å². The number of halogens is 3. The van der Waals surface area contributed by atoms with Gasteiger partial charge >= 0.3 is 12.2 Å². The molecule has 0 spiro atoms. The number of allylic oxidation sites excluding steroid dienone is 1. The molecule has 1 unspecified atom stereocenters. The van der Waals surface area contributed by atoms with E-state index >= 15 is 0 Å². The predicted molar refractivity (Wildman–Crippen MR) is 98.9 cm³/mol. The van der Waals surface area contributed by atoms with Crippen LogP contribution in [0.25, 0.3) is 0 Å².